The summed E-state index contributed by atoms with van der Waals surface area (Å²) in [4.78, 5) is 6.78. The van der Waals surface area contributed by atoms with Crippen molar-refractivity contribution in [1.29, 1.82) is 0 Å². The van der Waals surface area contributed by atoms with Crippen molar-refractivity contribution in [3.05, 3.63) is 30.1 Å². The highest BCUT2D eigenvalue weighted by molar-refractivity contribution is 5.63. The smallest absolute Gasteiger partial charge is 0.181 e. The Hall–Kier alpha value is -1.84. The van der Waals surface area contributed by atoms with Crippen molar-refractivity contribution in [2.75, 3.05) is 18.0 Å². The molecule has 0 aliphatic carbocycles. The van der Waals surface area contributed by atoms with Gasteiger partial charge in [-0.05, 0) is 31.9 Å². The summed E-state index contributed by atoms with van der Waals surface area (Å²) in [5.41, 5.74) is 2.36. The van der Waals surface area contributed by atoms with Gasteiger partial charge in [-0.25, -0.2) is 4.98 Å². The summed E-state index contributed by atoms with van der Waals surface area (Å²) >= 11 is 0. The van der Waals surface area contributed by atoms with Crippen LogP contribution in [0.15, 0.2) is 24.3 Å². The lowest BCUT2D eigenvalue weighted by atomic mass is 10.2. The Morgan fingerprint density at radius 1 is 1.24 bits per heavy atom. The molecule has 2 aromatic rings. The molecule has 1 aliphatic heterocycles. The average Bonchev–Trinajstić information content (AvgIpc) is 3.00. The zero-order chi connectivity index (χ0) is 11.7. The summed E-state index contributed by atoms with van der Waals surface area (Å²) in [6, 6.07) is 8.47. The van der Waals surface area contributed by atoms with Crippen LogP contribution in [0.5, 0.6) is 0 Å². The van der Waals surface area contributed by atoms with Crippen LogP contribution in [0.25, 0.3) is 11.4 Å². The number of benzene rings is 1. The van der Waals surface area contributed by atoms with Crippen molar-refractivity contribution in [1.82, 2.24) is 15.2 Å². The van der Waals surface area contributed by atoms with E-state index in [1.54, 1.807) is 0 Å². The van der Waals surface area contributed by atoms with Gasteiger partial charge in [0, 0.05) is 24.3 Å². The minimum absolute atomic E-state index is 0.781. The molecule has 3 rings (SSSR count). The molecule has 0 amide bonds. The van der Waals surface area contributed by atoms with Gasteiger partial charge in [0.25, 0.3) is 0 Å². The van der Waals surface area contributed by atoms with Gasteiger partial charge >= 0.3 is 0 Å². The second kappa shape index (κ2) is 4.20. The Balaban J connectivity index is 1.93. The van der Waals surface area contributed by atoms with Gasteiger partial charge < -0.3 is 4.90 Å². The zero-order valence-corrected chi connectivity index (χ0v) is 9.98. The van der Waals surface area contributed by atoms with Gasteiger partial charge in [-0.2, -0.15) is 5.10 Å². The molecule has 0 radical (unpaired) electrons. The third-order valence-corrected chi connectivity index (χ3v) is 3.17. The first kappa shape index (κ1) is 10.3. The topological polar surface area (TPSA) is 44.8 Å². The number of aromatic nitrogens is 3. The Kier molecular flexibility index (Phi) is 2.55. The summed E-state index contributed by atoms with van der Waals surface area (Å²) in [6.07, 6.45) is 2.59. The van der Waals surface area contributed by atoms with E-state index in [2.05, 4.69) is 44.3 Å². The fourth-order valence-electron chi connectivity index (χ4n) is 2.29. The molecule has 0 atom stereocenters. The van der Waals surface area contributed by atoms with Gasteiger partial charge in [-0.1, -0.05) is 12.1 Å². The SMILES string of the molecule is Cc1nc(-c2cccc(N3CCCC3)c2)n[nH]1. The molecule has 1 aromatic heterocycles. The fraction of sp³-hybridized carbons (Fsp3) is 0.385. The van der Waals surface area contributed by atoms with E-state index in [-0.39, 0.29) is 0 Å². The molecule has 0 spiro atoms. The van der Waals surface area contributed by atoms with Crippen LogP contribution in [-0.2, 0) is 0 Å². The Morgan fingerprint density at radius 2 is 2.06 bits per heavy atom. The number of hydrogen-bond donors (Lipinski definition) is 1. The number of aryl methyl sites for hydroxylation is 1. The molecular formula is C13H16N4. The van der Waals surface area contributed by atoms with Crippen LogP contribution in [0.1, 0.15) is 18.7 Å². The number of nitrogens with one attached hydrogen (secondary N) is 1. The van der Waals surface area contributed by atoms with Crippen molar-refractivity contribution in [3.63, 3.8) is 0 Å². The first-order chi connectivity index (χ1) is 8.33. The van der Waals surface area contributed by atoms with E-state index >= 15 is 0 Å². The van der Waals surface area contributed by atoms with Crippen LogP contribution >= 0.6 is 0 Å². The number of nitrogens with zero attached hydrogens (tertiary/aromatic N) is 3. The molecule has 0 saturated carbocycles. The predicted molar refractivity (Wildman–Crippen MR) is 68.0 cm³/mol. The Labute approximate surface area is 101 Å². The molecule has 4 heteroatoms. The molecule has 1 fully saturated rings. The molecule has 17 heavy (non-hydrogen) atoms. The van der Waals surface area contributed by atoms with Gasteiger partial charge in [-0.15, -0.1) is 0 Å². The number of H-pyrrole nitrogens is 1. The molecule has 0 unspecified atom stereocenters. The van der Waals surface area contributed by atoms with Crippen molar-refractivity contribution in [2.45, 2.75) is 19.8 Å². The van der Waals surface area contributed by atoms with E-state index in [9.17, 15) is 0 Å². The highest BCUT2D eigenvalue weighted by atomic mass is 15.2. The third-order valence-electron chi connectivity index (χ3n) is 3.17. The van der Waals surface area contributed by atoms with E-state index in [0.29, 0.717) is 0 Å². The van der Waals surface area contributed by atoms with Crippen molar-refractivity contribution >= 4 is 5.69 Å². The number of anilines is 1. The van der Waals surface area contributed by atoms with Crippen molar-refractivity contribution in [2.24, 2.45) is 0 Å². The summed E-state index contributed by atoms with van der Waals surface area (Å²) in [5, 5.41) is 7.08. The Morgan fingerprint density at radius 3 is 2.76 bits per heavy atom. The molecule has 1 aliphatic rings. The standard InChI is InChI=1S/C13H16N4/c1-10-14-13(16-15-10)11-5-4-6-12(9-11)17-7-2-3-8-17/h4-6,9H,2-3,7-8H2,1H3,(H,14,15,16). The maximum absolute atomic E-state index is 4.36. The lowest BCUT2D eigenvalue weighted by Crippen LogP contribution is -2.17. The summed E-state index contributed by atoms with van der Waals surface area (Å²) in [6.45, 7) is 4.24. The van der Waals surface area contributed by atoms with Crippen LogP contribution in [0.3, 0.4) is 0 Å². The zero-order valence-electron chi connectivity index (χ0n) is 9.98. The Bertz CT molecular complexity index is 512. The second-order valence-corrected chi connectivity index (χ2v) is 4.49. The lowest BCUT2D eigenvalue weighted by Gasteiger charge is -2.17. The molecule has 88 valence electrons. The van der Waals surface area contributed by atoms with Crippen LogP contribution in [0.4, 0.5) is 5.69 Å². The lowest BCUT2D eigenvalue weighted by molar-refractivity contribution is 0.949. The number of rotatable bonds is 2. The quantitative estimate of drug-likeness (QED) is 0.858. The molecule has 4 nitrogen and oxygen atoms in total. The van der Waals surface area contributed by atoms with E-state index in [0.717, 1.165) is 30.3 Å². The second-order valence-electron chi connectivity index (χ2n) is 4.49. The summed E-state index contributed by atoms with van der Waals surface area (Å²) in [7, 11) is 0. The van der Waals surface area contributed by atoms with E-state index < -0.39 is 0 Å². The molecular weight excluding hydrogens is 212 g/mol. The van der Waals surface area contributed by atoms with Crippen LogP contribution in [0.2, 0.25) is 0 Å². The maximum atomic E-state index is 4.36. The van der Waals surface area contributed by atoms with Crippen LogP contribution in [0, 0.1) is 6.92 Å². The summed E-state index contributed by atoms with van der Waals surface area (Å²) in [5.74, 6) is 1.63. The first-order valence-corrected chi connectivity index (χ1v) is 6.07. The molecule has 1 aromatic carbocycles. The number of aromatic amines is 1. The molecule has 2 heterocycles. The van der Waals surface area contributed by atoms with Gasteiger partial charge in [0.15, 0.2) is 5.82 Å². The van der Waals surface area contributed by atoms with Gasteiger partial charge in [0.2, 0.25) is 0 Å². The monoisotopic (exact) mass is 228 g/mol. The summed E-state index contributed by atoms with van der Waals surface area (Å²) < 4.78 is 0. The number of hydrogen-bond acceptors (Lipinski definition) is 3. The minimum Gasteiger partial charge on any atom is -0.372 e. The van der Waals surface area contributed by atoms with Crippen LogP contribution in [-0.4, -0.2) is 28.3 Å². The highest BCUT2D eigenvalue weighted by Gasteiger charge is 2.13. The average molecular weight is 228 g/mol. The van der Waals surface area contributed by atoms with Gasteiger partial charge in [-0.3, -0.25) is 5.10 Å². The van der Waals surface area contributed by atoms with Crippen LogP contribution < -0.4 is 4.90 Å². The van der Waals surface area contributed by atoms with Gasteiger partial charge in [0.1, 0.15) is 5.82 Å². The minimum atomic E-state index is 0.781. The first-order valence-electron chi connectivity index (χ1n) is 6.07. The molecule has 0 bridgehead atoms. The normalized spacial score (nSPS) is 15.5. The van der Waals surface area contributed by atoms with Crippen molar-refractivity contribution in [3.8, 4) is 11.4 Å². The highest BCUT2D eigenvalue weighted by Crippen LogP contribution is 2.24. The molecule has 1 saturated heterocycles. The van der Waals surface area contributed by atoms with Crippen molar-refractivity contribution < 1.29 is 0 Å². The largest absolute Gasteiger partial charge is 0.372 e. The van der Waals surface area contributed by atoms with E-state index in [4.69, 9.17) is 0 Å². The van der Waals surface area contributed by atoms with Gasteiger partial charge in [0.05, 0.1) is 0 Å². The third kappa shape index (κ3) is 2.02. The van der Waals surface area contributed by atoms with E-state index in [1.165, 1.54) is 18.5 Å². The predicted octanol–water partition coefficient (Wildman–Crippen LogP) is 2.38. The van der Waals surface area contributed by atoms with E-state index in [1.807, 2.05) is 6.92 Å². The molecule has 1 N–H and O–H groups in total. The maximum Gasteiger partial charge on any atom is 0.181 e. The fourth-order valence-corrected chi connectivity index (χ4v) is 2.29.